The van der Waals surface area contributed by atoms with E-state index in [4.69, 9.17) is 9.47 Å². The van der Waals surface area contributed by atoms with Gasteiger partial charge in [0, 0.05) is 4.88 Å². The molecule has 2 aliphatic rings. The number of fused-ring (bicyclic) bond motifs is 1. The lowest BCUT2D eigenvalue weighted by Gasteiger charge is -2.19. The van der Waals surface area contributed by atoms with Gasteiger partial charge in [-0.3, -0.25) is 9.59 Å². The maximum absolute atomic E-state index is 12.3. The number of hydrogen-bond acceptors (Lipinski definition) is 6. The largest absolute Gasteiger partial charge is 0.465 e. The summed E-state index contributed by atoms with van der Waals surface area (Å²) in [6.07, 6.45) is 9.89. The van der Waals surface area contributed by atoms with Gasteiger partial charge in [-0.1, -0.05) is 25.7 Å². The van der Waals surface area contributed by atoms with Crippen LogP contribution in [-0.4, -0.2) is 31.6 Å². The molecule has 1 N–H and O–H groups in total. The van der Waals surface area contributed by atoms with Gasteiger partial charge < -0.3 is 14.8 Å². The third kappa shape index (κ3) is 4.89. The van der Waals surface area contributed by atoms with E-state index in [0.29, 0.717) is 10.6 Å². The van der Waals surface area contributed by atoms with E-state index in [0.717, 1.165) is 74.6 Å². The average Bonchev–Trinajstić information content (AvgIpc) is 2.86. The summed E-state index contributed by atoms with van der Waals surface area (Å²) in [5, 5.41) is 3.27. The van der Waals surface area contributed by atoms with Crippen LogP contribution in [0.25, 0.3) is 0 Å². The van der Waals surface area contributed by atoms with E-state index in [1.165, 1.54) is 18.4 Å². The fraction of sp³-hybridized carbons (Fsp3) is 0.650. The number of hydrogen-bond donors (Lipinski definition) is 1. The van der Waals surface area contributed by atoms with E-state index in [-0.39, 0.29) is 18.5 Å². The summed E-state index contributed by atoms with van der Waals surface area (Å²) in [5.41, 5.74) is 1.46. The highest BCUT2D eigenvalue weighted by Crippen LogP contribution is 2.38. The number of carbonyl (C=O) groups excluding carboxylic acids is 3. The number of carbonyl (C=O) groups is 3. The molecule has 1 amide bonds. The molecule has 0 bridgehead atoms. The fourth-order valence-electron chi connectivity index (χ4n) is 3.90. The summed E-state index contributed by atoms with van der Waals surface area (Å²) in [5.74, 6) is -1.22. The Labute approximate surface area is 163 Å². The van der Waals surface area contributed by atoms with Crippen molar-refractivity contribution in [2.45, 2.75) is 64.2 Å². The summed E-state index contributed by atoms with van der Waals surface area (Å²) in [7, 11) is 1.35. The van der Waals surface area contributed by atoms with Gasteiger partial charge in [0.25, 0.3) is 5.91 Å². The number of methoxy groups -OCH3 is 1. The minimum Gasteiger partial charge on any atom is -0.465 e. The zero-order valence-electron chi connectivity index (χ0n) is 15.8. The van der Waals surface area contributed by atoms with E-state index in [9.17, 15) is 14.4 Å². The minimum absolute atomic E-state index is 0.0880. The number of esters is 2. The Bertz CT molecular complexity index is 705. The number of ether oxygens (including phenoxy) is 2. The van der Waals surface area contributed by atoms with Gasteiger partial charge in [0.15, 0.2) is 6.61 Å². The Balaban J connectivity index is 1.64. The number of nitrogens with one attached hydrogen (secondary N) is 1. The number of anilines is 1. The van der Waals surface area contributed by atoms with Gasteiger partial charge in [-0.05, 0) is 44.1 Å². The smallest absolute Gasteiger partial charge is 0.341 e. The lowest BCUT2D eigenvalue weighted by atomic mass is 9.89. The normalized spacial score (nSPS) is 17.5. The highest BCUT2D eigenvalue weighted by atomic mass is 32.1. The molecule has 0 spiro atoms. The Morgan fingerprint density at radius 3 is 2.48 bits per heavy atom. The molecular weight excluding hydrogens is 366 g/mol. The summed E-state index contributed by atoms with van der Waals surface area (Å²) in [6.45, 7) is -0.321. The van der Waals surface area contributed by atoms with Crippen molar-refractivity contribution < 1.29 is 23.9 Å². The van der Waals surface area contributed by atoms with Crippen molar-refractivity contribution in [1.82, 2.24) is 0 Å². The third-order valence-corrected chi connectivity index (χ3v) is 6.56. The molecule has 0 unspecified atom stereocenters. The third-order valence-electron chi connectivity index (χ3n) is 5.35. The molecule has 0 aromatic carbocycles. The van der Waals surface area contributed by atoms with Gasteiger partial charge in [-0.25, -0.2) is 4.79 Å². The Morgan fingerprint density at radius 2 is 1.74 bits per heavy atom. The molecule has 1 heterocycles. The SMILES string of the molecule is COC(=O)c1c(NC(=O)COC(=O)C2CCCCC2)sc2c1CCCCC2. The van der Waals surface area contributed by atoms with E-state index in [1.54, 1.807) is 0 Å². The van der Waals surface area contributed by atoms with E-state index < -0.39 is 11.9 Å². The molecule has 0 radical (unpaired) electrons. The van der Waals surface area contributed by atoms with E-state index >= 15 is 0 Å². The Hall–Kier alpha value is -1.89. The second kappa shape index (κ2) is 9.35. The second-order valence-corrected chi connectivity index (χ2v) is 8.36. The van der Waals surface area contributed by atoms with Crippen LogP contribution in [0.3, 0.4) is 0 Å². The zero-order valence-corrected chi connectivity index (χ0v) is 16.6. The highest BCUT2D eigenvalue weighted by molar-refractivity contribution is 7.17. The van der Waals surface area contributed by atoms with Crippen LogP contribution < -0.4 is 5.32 Å². The molecule has 148 valence electrons. The molecule has 0 atom stereocenters. The van der Waals surface area contributed by atoms with Crippen LogP contribution in [-0.2, 0) is 31.9 Å². The van der Waals surface area contributed by atoms with Crippen molar-refractivity contribution in [3.05, 3.63) is 16.0 Å². The number of amides is 1. The standard InChI is InChI=1S/C20H27NO5S/c1-25-20(24)17-14-10-6-3-7-11-15(14)27-18(17)21-16(22)12-26-19(23)13-8-4-2-5-9-13/h13H,2-12H2,1H3,(H,21,22). The first-order valence-electron chi connectivity index (χ1n) is 9.79. The highest BCUT2D eigenvalue weighted by Gasteiger charge is 2.27. The van der Waals surface area contributed by atoms with Crippen molar-refractivity contribution >= 4 is 34.2 Å². The monoisotopic (exact) mass is 393 g/mol. The van der Waals surface area contributed by atoms with Gasteiger partial charge in [-0.15, -0.1) is 11.3 Å². The van der Waals surface area contributed by atoms with Gasteiger partial charge in [0.05, 0.1) is 18.6 Å². The zero-order chi connectivity index (χ0) is 19.2. The maximum atomic E-state index is 12.3. The van der Waals surface area contributed by atoms with Crippen LogP contribution in [0, 0.1) is 5.92 Å². The van der Waals surface area contributed by atoms with Gasteiger partial charge >= 0.3 is 11.9 Å². The molecule has 1 saturated carbocycles. The minimum atomic E-state index is -0.427. The molecule has 27 heavy (non-hydrogen) atoms. The molecule has 1 aromatic heterocycles. The van der Waals surface area contributed by atoms with Crippen molar-refractivity contribution in [3.8, 4) is 0 Å². The molecule has 3 rings (SSSR count). The first-order chi connectivity index (χ1) is 13.1. The molecule has 1 aromatic rings. The molecular formula is C20H27NO5S. The van der Waals surface area contributed by atoms with Crippen molar-refractivity contribution in [3.63, 3.8) is 0 Å². The number of rotatable bonds is 5. The molecule has 6 nitrogen and oxygen atoms in total. The van der Waals surface area contributed by atoms with Crippen LogP contribution in [0.4, 0.5) is 5.00 Å². The predicted molar refractivity (Wildman–Crippen MR) is 103 cm³/mol. The predicted octanol–water partition coefficient (Wildman–Crippen LogP) is 3.87. The van der Waals surface area contributed by atoms with Crippen LogP contribution >= 0.6 is 11.3 Å². The average molecular weight is 394 g/mol. The van der Waals surface area contributed by atoms with Gasteiger partial charge in [-0.2, -0.15) is 0 Å². The summed E-state index contributed by atoms with van der Waals surface area (Å²) in [4.78, 5) is 37.8. The summed E-state index contributed by atoms with van der Waals surface area (Å²) >= 11 is 1.44. The Morgan fingerprint density at radius 1 is 1.04 bits per heavy atom. The molecule has 7 heteroatoms. The first-order valence-corrected chi connectivity index (χ1v) is 10.6. The van der Waals surface area contributed by atoms with Crippen LogP contribution in [0.2, 0.25) is 0 Å². The second-order valence-electron chi connectivity index (χ2n) is 7.25. The van der Waals surface area contributed by atoms with Crippen molar-refractivity contribution in [2.75, 3.05) is 19.0 Å². The van der Waals surface area contributed by atoms with Crippen LogP contribution in [0.15, 0.2) is 0 Å². The molecule has 0 saturated heterocycles. The van der Waals surface area contributed by atoms with Crippen LogP contribution in [0.5, 0.6) is 0 Å². The lowest BCUT2D eigenvalue weighted by Crippen LogP contribution is -2.26. The number of aryl methyl sites for hydroxylation is 1. The fourth-order valence-corrected chi connectivity index (χ4v) is 5.20. The lowest BCUT2D eigenvalue weighted by molar-refractivity contribution is -0.152. The maximum Gasteiger partial charge on any atom is 0.341 e. The van der Waals surface area contributed by atoms with Gasteiger partial charge in [0.2, 0.25) is 0 Å². The number of thiophene rings is 1. The summed E-state index contributed by atoms with van der Waals surface area (Å²) in [6, 6.07) is 0. The van der Waals surface area contributed by atoms with Crippen molar-refractivity contribution in [2.24, 2.45) is 5.92 Å². The van der Waals surface area contributed by atoms with E-state index in [2.05, 4.69) is 5.32 Å². The van der Waals surface area contributed by atoms with E-state index in [1.807, 2.05) is 0 Å². The topological polar surface area (TPSA) is 81.7 Å². The van der Waals surface area contributed by atoms with Crippen molar-refractivity contribution in [1.29, 1.82) is 0 Å². The molecule has 1 fully saturated rings. The molecule has 0 aliphatic heterocycles. The van der Waals surface area contributed by atoms with Gasteiger partial charge in [0.1, 0.15) is 5.00 Å². The summed E-state index contributed by atoms with van der Waals surface area (Å²) < 4.78 is 10.1. The van der Waals surface area contributed by atoms with Crippen LogP contribution in [0.1, 0.15) is 72.2 Å². The quantitative estimate of drug-likeness (QED) is 0.607. The first kappa shape index (κ1) is 19.9. The Kier molecular flexibility index (Phi) is 6.88. The molecule has 2 aliphatic carbocycles.